The van der Waals surface area contributed by atoms with Crippen LogP contribution in [-0.4, -0.2) is 29.3 Å². The zero-order chi connectivity index (χ0) is 12.8. The normalized spacial score (nSPS) is 19.5. The van der Waals surface area contributed by atoms with Crippen molar-refractivity contribution in [2.45, 2.75) is 18.4 Å². The van der Waals surface area contributed by atoms with Gasteiger partial charge in [-0.05, 0) is 18.9 Å². The van der Waals surface area contributed by atoms with Gasteiger partial charge in [0.15, 0.2) is 0 Å². The fourth-order valence-corrected chi connectivity index (χ4v) is 2.15. The van der Waals surface area contributed by atoms with Crippen molar-refractivity contribution in [1.82, 2.24) is 0 Å². The summed E-state index contributed by atoms with van der Waals surface area (Å²) in [6.07, 6.45) is 1.78. The van der Waals surface area contributed by atoms with Crippen molar-refractivity contribution in [1.29, 1.82) is 0 Å². The summed E-state index contributed by atoms with van der Waals surface area (Å²) in [5.41, 5.74) is 6.65. The second-order valence-corrected chi connectivity index (χ2v) is 4.66. The Morgan fingerprint density at radius 1 is 1.50 bits per heavy atom. The van der Waals surface area contributed by atoms with Gasteiger partial charge in [-0.25, -0.2) is 0 Å². The van der Waals surface area contributed by atoms with Crippen molar-refractivity contribution in [3.05, 3.63) is 33.9 Å². The quantitative estimate of drug-likeness (QED) is 0.629. The number of hydrogen-bond acceptors (Lipinski definition) is 5. The maximum absolute atomic E-state index is 11.1. The number of aliphatic imine (C=N–C) groups is 1. The van der Waals surface area contributed by atoms with Crippen molar-refractivity contribution in [3.63, 3.8) is 0 Å². The van der Waals surface area contributed by atoms with Crippen molar-refractivity contribution in [2.24, 2.45) is 10.7 Å². The van der Waals surface area contributed by atoms with E-state index in [-0.39, 0.29) is 17.8 Å². The standard InChI is InChI=1S/C12H13N3O3/c13-6-9-8-2-1-3-10(15(16)17)11(8)18-12(4-5-12)7-14-9/h1-3H,4-7,13H2. The van der Waals surface area contributed by atoms with Crippen molar-refractivity contribution >= 4 is 11.4 Å². The molecule has 2 N–H and O–H groups in total. The smallest absolute Gasteiger partial charge is 0.311 e. The number of benzene rings is 1. The predicted octanol–water partition coefficient (Wildman–Crippen LogP) is 1.27. The highest BCUT2D eigenvalue weighted by molar-refractivity contribution is 6.05. The van der Waals surface area contributed by atoms with Crippen LogP contribution in [0.15, 0.2) is 23.2 Å². The third kappa shape index (κ3) is 1.65. The molecule has 0 aromatic heterocycles. The second-order valence-electron chi connectivity index (χ2n) is 4.66. The molecule has 1 aromatic rings. The van der Waals surface area contributed by atoms with Crippen LogP contribution >= 0.6 is 0 Å². The van der Waals surface area contributed by atoms with E-state index >= 15 is 0 Å². The molecule has 0 saturated heterocycles. The van der Waals surface area contributed by atoms with Gasteiger partial charge in [-0.2, -0.15) is 0 Å². The molecule has 0 atom stereocenters. The van der Waals surface area contributed by atoms with Gasteiger partial charge in [-0.3, -0.25) is 15.1 Å². The third-order valence-electron chi connectivity index (χ3n) is 3.38. The van der Waals surface area contributed by atoms with Crippen LogP contribution in [0.2, 0.25) is 0 Å². The fraction of sp³-hybridized carbons (Fsp3) is 0.417. The molecule has 1 aliphatic heterocycles. The third-order valence-corrected chi connectivity index (χ3v) is 3.38. The molecule has 0 bridgehead atoms. The Morgan fingerprint density at radius 3 is 2.89 bits per heavy atom. The van der Waals surface area contributed by atoms with Crippen LogP contribution < -0.4 is 10.5 Å². The number of nitro benzene ring substituents is 1. The van der Waals surface area contributed by atoms with Crippen LogP contribution in [-0.2, 0) is 0 Å². The first-order valence-electron chi connectivity index (χ1n) is 5.85. The molecule has 6 heteroatoms. The maximum atomic E-state index is 11.1. The number of fused-ring (bicyclic) bond motifs is 1. The lowest BCUT2D eigenvalue weighted by Crippen LogP contribution is -2.21. The molecule has 18 heavy (non-hydrogen) atoms. The van der Waals surface area contributed by atoms with Crippen LogP contribution in [0.3, 0.4) is 0 Å². The molecule has 0 unspecified atom stereocenters. The molecule has 1 spiro atoms. The lowest BCUT2D eigenvalue weighted by atomic mass is 10.1. The Bertz CT molecular complexity index is 549. The summed E-state index contributed by atoms with van der Waals surface area (Å²) >= 11 is 0. The average Bonchev–Trinajstić information content (AvgIpc) is 3.13. The Morgan fingerprint density at radius 2 is 2.28 bits per heavy atom. The van der Waals surface area contributed by atoms with Gasteiger partial charge in [0.1, 0.15) is 5.60 Å². The summed E-state index contributed by atoms with van der Waals surface area (Å²) < 4.78 is 5.87. The van der Waals surface area contributed by atoms with Gasteiger partial charge in [0, 0.05) is 18.2 Å². The number of ether oxygens (including phenoxy) is 1. The first kappa shape index (κ1) is 11.2. The van der Waals surface area contributed by atoms with E-state index in [0.717, 1.165) is 12.8 Å². The number of nitrogens with two attached hydrogens (primary N) is 1. The van der Waals surface area contributed by atoms with Crippen molar-refractivity contribution in [2.75, 3.05) is 13.1 Å². The Kier molecular flexibility index (Phi) is 2.34. The van der Waals surface area contributed by atoms with Gasteiger partial charge in [-0.1, -0.05) is 6.07 Å². The maximum Gasteiger partial charge on any atom is 0.311 e. The van der Waals surface area contributed by atoms with Gasteiger partial charge in [0.2, 0.25) is 5.75 Å². The van der Waals surface area contributed by atoms with Crippen LogP contribution in [0.5, 0.6) is 5.75 Å². The summed E-state index contributed by atoms with van der Waals surface area (Å²) in [7, 11) is 0. The van der Waals surface area contributed by atoms with Gasteiger partial charge in [0.25, 0.3) is 0 Å². The number of para-hydroxylation sites is 1. The SMILES string of the molecule is NCC1=NCC2(CC2)Oc2c1cccc2[N+](=O)[O-]. The van der Waals surface area contributed by atoms with Gasteiger partial charge in [-0.15, -0.1) is 0 Å². The number of nitrogens with zero attached hydrogens (tertiary/aromatic N) is 2. The molecule has 3 rings (SSSR count). The largest absolute Gasteiger partial charge is 0.478 e. The van der Waals surface area contributed by atoms with E-state index in [1.165, 1.54) is 6.07 Å². The van der Waals surface area contributed by atoms with Crippen LogP contribution in [0.25, 0.3) is 0 Å². The van der Waals surface area contributed by atoms with Gasteiger partial charge >= 0.3 is 5.69 Å². The first-order valence-corrected chi connectivity index (χ1v) is 5.85. The molecule has 0 amide bonds. The van der Waals surface area contributed by atoms with E-state index in [1.54, 1.807) is 12.1 Å². The number of hydrogen-bond donors (Lipinski definition) is 1. The molecule has 0 radical (unpaired) electrons. The molecule has 6 nitrogen and oxygen atoms in total. The minimum atomic E-state index is -0.422. The Labute approximate surface area is 104 Å². The van der Waals surface area contributed by atoms with Crippen LogP contribution in [0, 0.1) is 10.1 Å². The Hall–Kier alpha value is -1.95. The summed E-state index contributed by atoms with van der Waals surface area (Å²) in [6, 6.07) is 4.86. The molecule has 2 aliphatic rings. The minimum absolute atomic E-state index is 0.0122. The summed E-state index contributed by atoms with van der Waals surface area (Å²) in [5.74, 6) is 0.321. The molecule has 1 heterocycles. The molecule has 1 aromatic carbocycles. The molecule has 1 fully saturated rings. The lowest BCUT2D eigenvalue weighted by molar-refractivity contribution is -0.386. The molecular weight excluding hydrogens is 234 g/mol. The molecule has 1 saturated carbocycles. The van der Waals surface area contributed by atoms with E-state index in [0.29, 0.717) is 23.6 Å². The molecule has 1 aliphatic carbocycles. The highest BCUT2D eigenvalue weighted by Gasteiger charge is 2.48. The molecule has 94 valence electrons. The average molecular weight is 247 g/mol. The highest BCUT2D eigenvalue weighted by atomic mass is 16.6. The fourth-order valence-electron chi connectivity index (χ4n) is 2.15. The van der Waals surface area contributed by atoms with Crippen molar-refractivity contribution in [3.8, 4) is 5.75 Å². The van der Waals surface area contributed by atoms with E-state index in [1.807, 2.05) is 0 Å². The zero-order valence-electron chi connectivity index (χ0n) is 9.76. The zero-order valence-corrected chi connectivity index (χ0v) is 9.76. The highest BCUT2D eigenvalue weighted by Crippen LogP contribution is 2.46. The first-order chi connectivity index (χ1) is 8.65. The van der Waals surface area contributed by atoms with Crippen LogP contribution in [0.1, 0.15) is 18.4 Å². The Balaban J connectivity index is 2.17. The minimum Gasteiger partial charge on any atom is -0.478 e. The summed E-state index contributed by atoms with van der Waals surface area (Å²) in [6.45, 7) is 0.791. The lowest BCUT2D eigenvalue weighted by Gasteiger charge is -2.14. The van der Waals surface area contributed by atoms with E-state index in [2.05, 4.69) is 4.99 Å². The number of nitro groups is 1. The number of rotatable bonds is 2. The second kappa shape index (κ2) is 3.78. The van der Waals surface area contributed by atoms with Gasteiger partial charge in [0.05, 0.1) is 17.2 Å². The van der Waals surface area contributed by atoms with E-state index < -0.39 is 4.92 Å². The van der Waals surface area contributed by atoms with E-state index in [4.69, 9.17) is 10.5 Å². The van der Waals surface area contributed by atoms with Crippen LogP contribution in [0.4, 0.5) is 5.69 Å². The summed E-state index contributed by atoms with van der Waals surface area (Å²) in [4.78, 5) is 15.1. The monoisotopic (exact) mass is 247 g/mol. The van der Waals surface area contributed by atoms with Gasteiger partial charge < -0.3 is 10.5 Å². The van der Waals surface area contributed by atoms with E-state index in [9.17, 15) is 10.1 Å². The molecular formula is C12H13N3O3. The topological polar surface area (TPSA) is 90.8 Å². The predicted molar refractivity (Wildman–Crippen MR) is 66.1 cm³/mol. The summed E-state index contributed by atoms with van der Waals surface area (Å²) in [5, 5.41) is 11.1. The van der Waals surface area contributed by atoms with Crippen molar-refractivity contribution < 1.29 is 9.66 Å².